The molecule has 3 aromatic rings. The molecule has 6 nitrogen and oxygen atoms in total. The Balaban J connectivity index is 1.70. The van der Waals surface area contributed by atoms with Crippen LogP contribution in [-0.2, 0) is 4.74 Å². The molecule has 0 unspecified atom stereocenters. The van der Waals surface area contributed by atoms with E-state index in [2.05, 4.69) is 0 Å². The van der Waals surface area contributed by atoms with Crippen molar-refractivity contribution in [3.8, 4) is 23.0 Å². The molecular formula is C23H20O6. The third kappa shape index (κ3) is 2.45. The fourth-order valence-corrected chi connectivity index (χ4v) is 4.38. The Hall–Kier alpha value is -3.41. The number of esters is 1. The fourth-order valence-electron chi connectivity index (χ4n) is 4.38. The quantitative estimate of drug-likeness (QED) is 0.621. The molecule has 0 radical (unpaired) electrons. The van der Waals surface area contributed by atoms with Crippen molar-refractivity contribution in [3.63, 3.8) is 0 Å². The van der Waals surface area contributed by atoms with Gasteiger partial charge in [0.1, 0.15) is 17.6 Å². The predicted octanol–water partition coefficient (Wildman–Crippen LogP) is 4.25. The van der Waals surface area contributed by atoms with Gasteiger partial charge in [0, 0.05) is 16.3 Å². The molecular weight excluding hydrogens is 372 g/mol. The van der Waals surface area contributed by atoms with Crippen LogP contribution in [0.15, 0.2) is 42.5 Å². The molecule has 29 heavy (non-hydrogen) atoms. The van der Waals surface area contributed by atoms with E-state index in [-0.39, 0.29) is 18.0 Å². The molecule has 3 aromatic carbocycles. The van der Waals surface area contributed by atoms with E-state index in [9.17, 15) is 4.79 Å². The zero-order chi connectivity index (χ0) is 20.1. The third-order valence-corrected chi connectivity index (χ3v) is 5.66. The van der Waals surface area contributed by atoms with Gasteiger partial charge >= 0.3 is 5.97 Å². The molecule has 2 aliphatic heterocycles. The Morgan fingerprint density at radius 3 is 2.41 bits per heavy atom. The molecule has 2 aliphatic rings. The summed E-state index contributed by atoms with van der Waals surface area (Å²) >= 11 is 0. The van der Waals surface area contributed by atoms with Crippen molar-refractivity contribution in [3.05, 3.63) is 59.2 Å². The first-order valence-electron chi connectivity index (χ1n) is 9.36. The topological polar surface area (TPSA) is 63.2 Å². The van der Waals surface area contributed by atoms with Crippen LogP contribution in [0.3, 0.4) is 0 Å². The molecule has 2 atom stereocenters. The number of fused-ring (bicyclic) bond motifs is 6. The summed E-state index contributed by atoms with van der Waals surface area (Å²) in [5.74, 6) is 2.32. The average molecular weight is 392 g/mol. The van der Waals surface area contributed by atoms with E-state index >= 15 is 0 Å². The Labute approximate surface area is 167 Å². The summed E-state index contributed by atoms with van der Waals surface area (Å²) in [5.41, 5.74) is 2.25. The second-order valence-corrected chi connectivity index (χ2v) is 7.06. The standard InChI is InChI=1S/C23H20O6/c1-25-19-13-6-4-5-7-14(13)21(26-2)22-18(19)20-16(11-28-22)15-10-12(23(24)27-3)8-9-17(15)29-20/h4-10,16,20H,11H2,1-3H3/t16-,20+/m0/s1. The van der Waals surface area contributed by atoms with Crippen LogP contribution in [0.5, 0.6) is 23.0 Å². The highest BCUT2D eigenvalue weighted by atomic mass is 16.5. The van der Waals surface area contributed by atoms with Gasteiger partial charge in [0.2, 0.25) is 0 Å². The molecule has 0 bridgehead atoms. The predicted molar refractivity (Wildman–Crippen MR) is 106 cm³/mol. The maximum absolute atomic E-state index is 12.0. The van der Waals surface area contributed by atoms with Crippen LogP contribution in [0.25, 0.3) is 10.8 Å². The van der Waals surface area contributed by atoms with Gasteiger partial charge in [-0.15, -0.1) is 0 Å². The van der Waals surface area contributed by atoms with Gasteiger partial charge in [-0.1, -0.05) is 24.3 Å². The van der Waals surface area contributed by atoms with Gasteiger partial charge in [0.25, 0.3) is 0 Å². The van der Waals surface area contributed by atoms with Crippen molar-refractivity contribution < 1.29 is 28.5 Å². The largest absolute Gasteiger partial charge is 0.496 e. The molecule has 0 aromatic heterocycles. The van der Waals surface area contributed by atoms with Gasteiger partial charge in [0.05, 0.1) is 45.0 Å². The second kappa shape index (κ2) is 6.58. The number of hydrogen-bond acceptors (Lipinski definition) is 6. The lowest BCUT2D eigenvalue weighted by Crippen LogP contribution is -2.24. The van der Waals surface area contributed by atoms with Crippen molar-refractivity contribution >= 4 is 16.7 Å². The monoisotopic (exact) mass is 392 g/mol. The lowest BCUT2D eigenvalue weighted by molar-refractivity contribution is 0.0600. The highest BCUT2D eigenvalue weighted by Crippen LogP contribution is 2.58. The SMILES string of the molecule is COC(=O)c1ccc2c(c1)[C@@H]1COc3c(c(OC)c4ccccc4c3OC)[C@@H]1O2. The van der Waals surface area contributed by atoms with Gasteiger partial charge in [-0.2, -0.15) is 0 Å². The van der Waals surface area contributed by atoms with Crippen LogP contribution < -0.4 is 18.9 Å². The first kappa shape index (κ1) is 17.7. The van der Waals surface area contributed by atoms with E-state index in [1.165, 1.54) is 7.11 Å². The first-order chi connectivity index (χ1) is 14.2. The second-order valence-electron chi connectivity index (χ2n) is 7.06. The summed E-state index contributed by atoms with van der Waals surface area (Å²) < 4.78 is 28.9. The van der Waals surface area contributed by atoms with Crippen LogP contribution in [0.1, 0.15) is 33.5 Å². The van der Waals surface area contributed by atoms with Gasteiger partial charge in [-0.05, 0) is 18.2 Å². The molecule has 0 saturated carbocycles. The minimum atomic E-state index is -0.376. The smallest absolute Gasteiger partial charge is 0.337 e. The van der Waals surface area contributed by atoms with Crippen LogP contribution in [0.2, 0.25) is 0 Å². The maximum Gasteiger partial charge on any atom is 0.337 e. The van der Waals surface area contributed by atoms with Gasteiger partial charge in [-0.25, -0.2) is 4.79 Å². The summed E-state index contributed by atoms with van der Waals surface area (Å²) in [6.07, 6.45) is -0.296. The average Bonchev–Trinajstić information content (AvgIpc) is 3.14. The van der Waals surface area contributed by atoms with E-state index in [0.29, 0.717) is 29.4 Å². The van der Waals surface area contributed by atoms with Gasteiger partial charge < -0.3 is 23.7 Å². The number of carbonyl (C=O) groups excluding carboxylic acids is 1. The minimum absolute atomic E-state index is 0.0677. The molecule has 0 amide bonds. The molecule has 0 N–H and O–H groups in total. The number of carbonyl (C=O) groups is 1. The maximum atomic E-state index is 12.0. The molecule has 0 spiro atoms. The highest BCUT2D eigenvalue weighted by Gasteiger charge is 2.44. The summed E-state index contributed by atoms with van der Waals surface area (Å²) in [5, 5.41) is 1.86. The molecule has 0 saturated heterocycles. The normalized spacial score (nSPS) is 18.7. The van der Waals surface area contributed by atoms with E-state index in [1.807, 2.05) is 36.4 Å². The number of rotatable bonds is 3. The third-order valence-electron chi connectivity index (χ3n) is 5.66. The summed E-state index contributed by atoms with van der Waals surface area (Å²) in [6, 6.07) is 13.2. The van der Waals surface area contributed by atoms with E-state index in [1.54, 1.807) is 20.3 Å². The van der Waals surface area contributed by atoms with Crippen LogP contribution in [0.4, 0.5) is 0 Å². The molecule has 148 valence electrons. The number of ether oxygens (including phenoxy) is 5. The van der Waals surface area contributed by atoms with E-state index in [4.69, 9.17) is 23.7 Å². The van der Waals surface area contributed by atoms with Gasteiger partial charge in [0.15, 0.2) is 11.5 Å². The first-order valence-corrected chi connectivity index (χ1v) is 9.36. The number of methoxy groups -OCH3 is 3. The van der Waals surface area contributed by atoms with Crippen molar-refractivity contribution in [1.82, 2.24) is 0 Å². The Morgan fingerprint density at radius 2 is 1.72 bits per heavy atom. The van der Waals surface area contributed by atoms with Crippen LogP contribution >= 0.6 is 0 Å². The molecule has 0 aliphatic carbocycles. The van der Waals surface area contributed by atoms with E-state index in [0.717, 1.165) is 27.6 Å². The lowest BCUT2D eigenvalue weighted by atomic mass is 9.86. The number of benzene rings is 3. The summed E-state index contributed by atoms with van der Waals surface area (Å²) in [6.45, 7) is 0.410. The highest BCUT2D eigenvalue weighted by molar-refractivity contribution is 5.98. The van der Waals surface area contributed by atoms with Crippen molar-refractivity contribution in [1.29, 1.82) is 0 Å². The molecule has 0 fully saturated rings. The van der Waals surface area contributed by atoms with Crippen LogP contribution in [-0.4, -0.2) is 33.9 Å². The van der Waals surface area contributed by atoms with Crippen molar-refractivity contribution in [2.24, 2.45) is 0 Å². The lowest BCUT2D eigenvalue weighted by Gasteiger charge is -2.31. The Morgan fingerprint density at radius 1 is 1.00 bits per heavy atom. The van der Waals surface area contributed by atoms with Crippen molar-refractivity contribution in [2.45, 2.75) is 12.0 Å². The van der Waals surface area contributed by atoms with Crippen LogP contribution in [0, 0.1) is 0 Å². The fraction of sp³-hybridized carbons (Fsp3) is 0.261. The zero-order valence-corrected chi connectivity index (χ0v) is 16.4. The van der Waals surface area contributed by atoms with Gasteiger partial charge in [-0.3, -0.25) is 0 Å². The minimum Gasteiger partial charge on any atom is -0.496 e. The molecule has 5 rings (SSSR count). The molecule has 2 heterocycles. The zero-order valence-electron chi connectivity index (χ0n) is 16.4. The Kier molecular flexibility index (Phi) is 4.01. The van der Waals surface area contributed by atoms with E-state index < -0.39 is 0 Å². The summed E-state index contributed by atoms with van der Waals surface area (Å²) in [7, 11) is 4.66. The Bertz CT molecular complexity index is 1140. The van der Waals surface area contributed by atoms with Crippen molar-refractivity contribution in [2.75, 3.05) is 27.9 Å². The number of hydrogen-bond donors (Lipinski definition) is 0. The summed E-state index contributed by atoms with van der Waals surface area (Å²) in [4.78, 5) is 12.0. The molecule has 6 heteroatoms.